The lowest BCUT2D eigenvalue weighted by atomic mass is 9.88. The number of hydrogen-bond acceptors (Lipinski definition) is 5. The van der Waals surface area contributed by atoms with Crippen molar-refractivity contribution in [1.29, 1.82) is 0 Å². The van der Waals surface area contributed by atoms with E-state index in [9.17, 15) is 4.79 Å². The summed E-state index contributed by atoms with van der Waals surface area (Å²) in [6, 6.07) is 7.03. The second kappa shape index (κ2) is 8.57. The van der Waals surface area contributed by atoms with Crippen molar-refractivity contribution in [2.45, 2.75) is 38.7 Å². The molecule has 8 heteroatoms. The Morgan fingerprint density at radius 2 is 2.08 bits per heavy atom. The largest absolute Gasteiger partial charge is 0.376 e. The molecule has 134 valence electrons. The summed E-state index contributed by atoms with van der Waals surface area (Å²) in [6.45, 7) is 3.28. The lowest BCUT2D eigenvalue weighted by molar-refractivity contribution is -0.00232. The predicted octanol–water partition coefficient (Wildman–Crippen LogP) is 2.38. The van der Waals surface area contributed by atoms with Crippen LogP contribution in [0.5, 0.6) is 0 Å². The van der Waals surface area contributed by atoms with Gasteiger partial charge in [-0.3, -0.25) is 0 Å². The zero-order chi connectivity index (χ0) is 17.5. The quantitative estimate of drug-likeness (QED) is 0.785. The summed E-state index contributed by atoms with van der Waals surface area (Å²) >= 11 is 0. The van der Waals surface area contributed by atoms with Crippen LogP contribution in [0.1, 0.15) is 32.6 Å². The number of urea groups is 1. The first-order valence-electron chi connectivity index (χ1n) is 8.72. The molecule has 2 unspecified atom stereocenters. The van der Waals surface area contributed by atoms with Crippen molar-refractivity contribution >= 4 is 11.7 Å². The van der Waals surface area contributed by atoms with Gasteiger partial charge in [-0.15, -0.1) is 5.10 Å². The van der Waals surface area contributed by atoms with Gasteiger partial charge in [0, 0.05) is 12.2 Å². The minimum Gasteiger partial charge on any atom is -0.376 e. The number of hydrogen-bond donors (Lipinski definition) is 2. The molecule has 0 aliphatic heterocycles. The zero-order valence-corrected chi connectivity index (χ0v) is 14.4. The summed E-state index contributed by atoms with van der Waals surface area (Å²) in [7, 11) is 0. The van der Waals surface area contributed by atoms with Crippen molar-refractivity contribution < 1.29 is 9.53 Å². The number of nitrogens with one attached hydrogen (secondary N) is 2. The van der Waals surface area contributed by atoms with Crippen LogP contribution in [0.4, 0.5) is 10.5 Å². The highest BCUT2D eigenvalue weighted by Gasteiger charge is 2.21. The van der Waals surface area contributed by atoms with Gasteiger partial charge in [-0.05, 0) is 53.5 Å². The first-order valence-corrected chi connectivity index (χ1v) is 8.72. The van der Waals surface area contributed by atoms with E-state index in [2.05, 4.69) is 33.1 Å². The smallest absolute Gasteiger partial charge is 0.319 e. The summed E-state index contributed by atoms with van der Waals surface area (Å²) in [5.41, 5.74) is 1.53. The molecule has 2 amide bonds. The third kappa shape index (κ3) is 4.99. The van der Waals surface area contributed by atoms with Gasteiger partial charge in [0.25, 0.3) is 0 Å². The molecule has 3 rings (SSSR count). The molecule has 25 heavy (non-hydrogen) atoms. The topological polar surface area (TPSA) is 94.0 Å². The van der Waals surface area contributed by atoms with Crippen LogP contribution in [-0.4, -0.2) is 45.5 Å². The van der Waals surface area contributed by atoms with Gasteiger partial charge in [-0.1, -0.05) is 19.8 Å². The van der Waals surface area contributed by atoms with Gasteiger partial charge in [-0.25, -0.2) is 9.48 Å². The minimum absolute atomic E-state index is 0.240. The van der Waals surface area contributed by atoms with E-state index in [1.807, 2.05) is 12.1 Å². The van der Waals surface area contributed by atoms with Crippen LogP contribution in [0.25, 0.3) is 5.69 Å². The number of aromatic nitrogens is 4. The molecular weight excluding hydrogens is 320 g/mol. The normalized spacial score (nSPS) is 20.2. The van der Waals surface area contributed by atoms with Crippen molar-refractivity contribution in [3.63, 3.8) is 0 Å². The number of tetrazole rings is 1. The Labute approximate surface area is 146 Å². The molecule has 0 bridgehead atoms. The molecule has 2 atom stereocenters. The molecule has 1 aliphatic carbocycles. The molecule has 0 spiro atoms. The highest BCUT2D eigenvalue weighted by atomic mass is 16.5. The van der Waals surface area contributed by atoms with Crippen LogP contribution in [0.2, 0.25) is 0 Å². The molecule has 2 N–H and O–H groups in total. The van der Waals surface area contributed by atoms with E-state index in [-0.39, 0.29) is 6.03 Å². The van der Waals surface area contributed by atoms with E-state index in [0.717, 1.165) is 12.1 Å². The third-order valence-corrected chi connectivity index (χ3v) is 4.49. The van der Waals surface area contributed by atoms with E-state index in [1.165, 1.54) is 25.6 Å². The van der Waals surface area contributed by atoms with Gasteiger partial charge < -0.3 is 15.4 Å². The van der Waals surface area contributed by atoms with E-state index < -0.39 is 0 Å². The summed E-state index contributed by atoms with van der Waals surface area (Å²) in [5, 5.41) is 16.6. The number of anilines is 1. The number of nitrogens with zero attached hydrogens (tertiary/aromatic N) is 4. The Kier molecular flexibility index (Phi) is 5.95. The maximum atomic E-state index is 11.9. The first-order chi connectivity index (χ1) is 12.2. The fraction of sp³-hybridized carbons (Fsp3) is 0.529. The van der Waals surface area contributed by atoms with Crippen LogP contribution in [0, 0.1) is 5.92 Å². The number of benzene rings is 1. The number of amides is 2. The molecule has 2 aromatic rings. The molecule has 1 saturated carbocycles. The Morgan fingerprint density at radius 1 is 1.28 bits per heavy atom. The van der Waals surface area contributed by atoms with E-state index in [1.54, 1.807) is 16.8 Å². The third-order valence-electron chi connectivity index (χ3n) is 4.49. The maximum absolute atomic E-state index is 11.9. The molecule has 1 fully saturated rings. The maximum Gasteiger partial charge on any atom is 0.319 e. The van der Waals surface area contributed by atoms with Crippen molar-refractivity contribution in [3.8, 4) is 5.69 Å². The van der Waals surface area contributed by atoms with Crippen LogP contribution in [0.15, 0.2) is 30.6 Å². The summed E-state index contributed by atoms with van der Waals surface area (Å²) < 4.78 is 7.44. The van der Waals surface area contributed by atoms with Crippen molar-refractivity contribution in [3.05, 3.63) is 30.6 Å². The van der Waals surface area contributed by atoms with E-state index >= 15 is 0 Å². The Morgan fingerprint density at radius 3 is 2.80 bits per heavy atom. The number of carbonyl (C=O) groups excluding carboxylic acids is 1. The van der Waals surface area contributed by atoms with Crippen LogP contribution >= 0.6 is 0 Å². The molecule has 1 aliphatic rings. The summed E-state index contributed by atoms with van der Waals surface area (Å²) in [5.74, 6) is 0.612. The van der Waals surface area contributed by atoms with Gasteiger partial charge >= 0.3 is 6.03 Å². The van der Waals surface area contributed by atoms with Crippen LogP contribution < -0.4 is 10.6 Å². The van der Waals surface area contributed by atoms with Crippen molar-refractivity contribution in [2.24, 2.45) is 5.92 Å². The highest BCUT2D eigenvalue weighted by Crippen LogP contribution is 2.25. The fourth-order valence-electron chi connectivity index (χ4n) is 3.06. The van der Waals surface area contributed by atoms with Crippen molar-refractivity contribution in [1.82, 2.24) is 25.5 Å². The minimum atomic E-state index is -0.240. The Hall–Kier alpha value is -2.48. The number of ether oxygens (including phenoxy) is 1. The summed E-state index contributed by atoms with van der Waals surface area (Å²) in [4.78, 5) is 11.9. The predicted molar refractivity (Wildman–Crippen MR) is 93.5 cm³/mol. The lowest BCUT2D eigenvalue weighted by Crippen LogP contribution is -2.34. The van der Waals surface area contributed by atoms with Gasteiger partial charge in [0.2, 0.25) is 0 Å². The number of rotatable bonds is 6. The Bertz CT molecular complexity index is 658. The molecular formula is C17H24N6O2. The molecule has 1 heterocycles. The molecule has 1 aromatic carbocycles. The molecule has 0 radical (unpaired) electrons. The van der Waals surface area contributed by atoms with Gasteiger partial charge in [0.15, 0.2) is 0 Å². The van der Waals surface area contributed by atoms with Gasteiger partial charge in [0.1, 0.15) is 6.33 Å². The second-order valence-electron chi connectivity index (χ2n) is 6.35. The van der Waals surface area contributed by atoms with Crippen LogP contribution in [0.3, 0.4) is 0 Å². The SMILES string of the molecule is CC1CCCCC1OCCNC(=O)Nc1ccc(-n2cnnn2)cc1. The van der Waals surface area contributed by atoms with Gasteiger partial charge in [0.05, 0.1) is 18.4 Å². The van der Waals surface area contributed by atoms with E-state index in [4.69, 9.17) is 4.74 Å². The average molecular weight is 344 g/mol. The number of carbonyl (C=O) groups is 1. The second-order valence-corrected chi connectivity index (χ2v) is 6.35. The van der Waals surface area contributed by atoms with Crippen LogP contribution in [-0.2, 0) is 4.74 Å². The Balaban J connectivity index is 1.37. The zero-order valence-electron chi connectivity index (χ0n) is 14.4. The summed E-state index contributed by atoms with van der Waals surface area (Å²) in [6.07, 6.45) is 6.75. The monoisotopic (exact) mass is 344 g/mol. The lowest BCUT2D eigenvalue weighted by Gasteiger charge is -2.28. The first kappa shape index (κ1) is 17.3. The molecule has 0 saturated heterocycles. The highest BCUT2D eigenvalue weighted by molar-refractivity contribution is 5.89. The van der Waals surface area contributed by atoms with Gasteiger partial charge in [-0.2, -0.15) is 0 Å². The van der Waals surface area contributed by atoms with E-state index in [0.29, 0.717) is 30.9 Å². The average Bonchev–Trinajstić information content (AvgIpc) is 3.15. The molecule has 8 nitrogen and oxygen atoms in total. The fourth-order valence-corrected chi connectivity index (χ4v) is 3.06. The molecule has 1 aromatic heterocycles. The van der Waals surface area contributed by atoms with Crippen molar-refractivity contribution in [2.75, 3.05) is 18.5 Å². The standard InChI is InChI=1S/C17H24N6O2/c1-13-4-2-3-5-16(13)25-11-10-18-17(24)20-14-6-8-15(9-7-14)23-12-19-21-22-23/h6-9,12-13,16H,2-5,10-11H2,1H3,(H2,18,20,24).